The maximum atomic E-state index is 13.1. The Hall–Kier alpha value is -0.890. The monoisotopic (exact) mass is 250 g/mol. The fraction of sp³-hybridized carbons (Fsp3) is 0.625. The zero-order chi connectivity index (χ0) is 13.2. The molecule has 0 amide bonds. The van der Waals surface area contributed by atoms with Gasteiger partial charge < -0.3 is 5.11 Å². The molecule has 0 atom stereocenters. The van der Waals surface area contributed by atoms with Gasteiger partial charge in [-0.05, 0) is 61.8 Å². The van der Waals surface area contributed by atoms with Gasteiger partial charge in [0, 0.05) is 6.42 Å². The van der Waals surface area contributed by atoms with Gasteiger partial charge in [0.2, 0.25) is 0 Å². The molecule has 0 aliphatic heterocycles. The first-order valence-corrected chi connectivity index (χ1v) is 7.00. The van der Waals surface area contributed by atoms with Crippen LogP contribution in [0.1, 0.15) is 50.2 Å². The molecular formula is C16H23FO. The molecule has 0 unspecified atom stereocenters. The normalized spacial score (nSPS) is 28.3. The lowest BCUT2D eigenvalue weighted by Gasteiger charge is -2.36. The molecule has 1 nitrogen and oxygen atoms in total. The van der Waals surface area contributed by atoms with E-state index in [1.54, 1.807) is 6.07 Å². The molecule has 100 valence electrons. The molecule has 1 saturated carbocycles. The molecule has 18 heavy (non-hydrogen) atoms. The molecule has 0 saturated heterocycles. The minimum absolute atomic E-state index is 0.196. The highest BCUT2D eigenvalue weighted by Gasteiger charge is 2.32. The third-order valence-corrected chi connectivity index (χ3v) is 4.44. The summed E-state index contributed by atoms with van der Waals surface area (Å²) in [5.74, 6) is 0.581. The Labute approximate surface area is 109 Å². The lowest BCUT2D eigenvalue weighted by atomic mass is 9.75. The number of benzene rings is 1. The van der Waals surface area contributed by atoms with Gasteiger partial charge in [0.05, 0.1) is 5.60 Å². The van der Waals surface area contributed by atoms with Gasteiger partial charge in [-0.1, -0.05) is 19.4 Å². The largest absolute Gasteiger partial charge is 0.390 e. The maximum absolute atomic E-state index is 13.1. The lowest BCUT2D eigenvalue weighted by Crippen LogP contribution is -2.36. The summed E-state index contributed by atoms with van der Waals surface area (Å²) in [5.41, 5.74) is 1.45. The zero-order valence-electron chi connectivity index (χ0n) is 11.4. The standard InChI is InChI=1S/C16H23FO/c1-3-13-6-8-16(18,9-7-13)11-14-4-5-15(17)10-12(14)2/h4-5,10,13,18H,3,6-9,11H2,1-2H3. The molecule has 2 heteroatoms. The van der Waals surface area contributed by atoms with Crippen LogP contribution in [-0.4, -0.2) is 10.7 Å². The van der Waals surface area contributed by atoms with Crippen molar-refractivity contribution in [1.29, 1.82) is 0 Å². The van der Waals surface area contributed by atoms with E-state index in [0.717, 1.165) is 42.7 Å². The van der Waals surface area contributed by atoms with Gasteiger partial charge in [-0.15, -0.1) is 0 Å². The van der Waals surface area contributed by atoms with E-state index in [1.807, 2.05) is 13.0 Å². The predicted octanol–water partition coefficient (Wildman–Crippen LogP) is 4.01. The maximum Gasteiger partial charge on any atom is 0.123 e. The molecule has 0 radical (unpaired) electrons. The SMILES string of the molecule is CCC1CCC(O)(Cc2ccc(F)cc2C)CC1. The molecule has 1 aromatic carbocycles. The molecule has 0 spiro atoms. The van der Waals surface area contributed by atoms with Crippen LogP contribution in [0.4, 0.5) is 4.39 Å². The summed E-state index contributed by atoms with van der Waals surface area (Å²) < 4.78 is 13.1. The molecule has 0 aromatic heterocycles. The molecule has 0 bridgehead atoms. The van der Waals surface area contributed by atoms with Crippen LogP contribution in [0, 0.1) is 18.7 Å². The zero-order valence-corrected chi connectivity index (χ0v) is 11.4. The summed E-state index contributed by atoms with van der Waals surface area (Å²) in [6.45, 7) is 4.14. The van der Waals surface area contributed by atoms with Gasteiger partial charge >= 0.3 is 0 Å². The van der Waals surface area contributed by atoms with Crippen molar-refractivity contribution in [2.24, 2.45) is 5.92 Å². The van der Waals surface area contributed by atoms with E-state index in [1.165, 1.54) is 12.5 Å². The molecule has 1 aromatic rings. The van der Waals surface area contributed by atoms with E-state index in [9.17, 15) is 9.50 Å². The highest BCUT2D eigenvalue weighted by Crippen LogP contribution is 2.36. The number of hydrogen-bond acceptors (Lipinski definition) is 1. The van der Waals surface area contributed by atoms with Gasteiger partial charge in [0.1, 0.15) is 5.82 Å². The second-order valence-corrected chi connectivity index (χ2v) is 5.82. The molecule has 1 aliphatic rings. The Morgan fingerprint density at radius 1 is 1.33 bits per heavy atom. The number of aliphatic hydroxyl groups is 1. The fourth-order valence-corrected chi connectivity index (χ4v) is 3.01. The Morgan fingerprint density at radius 3 is 2.56 bits per heavy atom. The summed E-state index contributed by atoms with van der Waals surface area (Å²) in [5, 5.41) is 10.6. The third-order valence-electron chi connectivity index (χ3n) is 4.44. The average Bonchev–Trinajstić information content (AvgIpc) is 2.34. The van der Waals surface area contributed by atoms with Gasteiger partial charge in [-0.2, -0.15) is 0 Å². The van der Waals surface area contributed by atoms with Gasteiger partial charge in [-0.25, -0.2) is 4.39 Å². The second kappa shape index (κ2) is 5.40. The Bertz CT molecular complexity index is 406. The van der Waals surface area contributed by atoms with Crippen molar-refractivity contribution in [1.82, 2.24) is 0 Å². The number of rotatable bonds is 3. The van der Waals surface area contributed by atoms with Crippen molar-refractivity contribution >= 4 is 0 Å². The van der Waals surface area contributed by atoms with Crippen LogP contribution in [0.3, 0.4) is 0 Å². The minimum Gasteiger partial charge on any atom is -0.390 e. The molecular weight excluding hydrogens is 227 g/mol. The van der Waals surface area contributed by atoms with E-state index in [-0.39, 0.29) is 5.82 Å². The summed E-state index contributed by atoms with van der Waals surface area (Å²) in [4.78, 5) is 0. The van der Waals surface area contributed by atoms with Gasteiger partial charge in [0.25, 0.3) is 0 Å². The Balaban J connectivity index is 2.04. The third kappa shape index (κ3) is 3.11. The van der Waals surface area contributed by atoms with Crippen LogP contribution >= 0.6 is 0 Å². The number of aryl methyl sites for hydroxylation is 1. The van der Waals surface area contributed by atoms with Crippen LogP contribution in [0.2, 0.25) is 0 Å². The van der Waals surface area contributed by atoms with Crippen LogP contribution in [-0.2, 0) is 6.42 Å². The highest BCUT2D eigenvalue weighted by atomic mass is 19.1. The number of halogens is 1. The molecule has 1 N–H and O–H groups in total. The van der Waals surface area contributed by atoms with Crippen molar-refractivity contribution in [2.45, 2.75) is 58.0 Å². The molecule has 1 fully saturated rings. The Morgan fingerprint density at radius 2 is 2.00 bits per heavy atom. The first-order chi connectivity index (χ1) is 8.52. The van der Waals surface area contributed by atoms with Crippen molar-refractivity contribution in [3.63, 3.8) is 0 Å². The summed E-state index contributed by atoms with van der Waals surface area (Å²) >= 11 is 0. The van der Waals surface area contributed by atoms with E-state index in [2.05, 4.69) is 6.92 Å². The first kappa shape index (κ1) is 13.5. The van der Waals surface area contributed by atoms with Crippen LogP contribution in [0.25, 0.3) is 0 Å². The van der Waals surface area contributed by atoms with Crippen molar-refractivity contribution in [3.8, 4) is 0 Å². The van der Waals surface area contributed by atoms with E-state index in [4.69, 9.17) is 0 Å². The molecule has 1 aliphatic carbocycles. The second-order valence-electron chi connectivity index (χ2n) is 5.82. The topological polar surface area (TPSA) is 20.2 Å². The summed E-state index contributed by atoms with van der Waals surface area (Å²) in [7, 11) is 0. The average molecular weight is 250 g/mol. The highest BCUT2D eigenvalue weighted by molar-refractivity contribution is 5.28. The first-order valence-electron chi connectivity index (χ1n) is 7.00. The summed E-state index contributed by atoms with van der Waals surface area (Å²) in [6.07, 6.45) is 5.87. The molecule has 0 heterocycles. The smallest absolute Gasteiger partial charge is 0.123 e. The van der Waals surface area contributed by atoms with E-state index < -0.39 is 5.60 Å². The predicted molar refractivity (Wildman–Crippen MR) is 72.0 cm³/mol. The van der Waals surface area contributed by atoms with Crippen molar-refractivity contribution in [2.75, 3.05) is 0 Å². The minimum atomic E-state index is -0.575. The lowest BCUT2D eigenvalue weighted by molar-refractivity contribution is -0.00935. The van der Waals surface area contributed by atoms with Crippen molar-refractivity contribution in [3.05, 3.63) is 35.1 Å². The number of hydrogen-bond donors (Lipinski definition) is 1. The quantitative estimate of drug-likeness (QED) is 0.859. The summed E-state index contributed by atoms with van der Waals surface area (Å²) in [6, 6.07) is 4.86. The van der Waals surface area contributed by atoms with Crippen molar-refractivity contribution < 1.29 is 9.50 Å². The van der Waals surface area contributed by atoms with Gasteiger partial charge in [0.15, 0.2) is 0 Å². The van der Waals surface area contributed by atoms with Crippen LogP contribution in [0.5, 0.6) is 0 Å². The van der Waals surface area contributed by atoms with E-state index >= 15 is 0 Å². The Kier molecular flexibility index (Phi) is 4.06. The van der Waals surface area contributed by atoms with Crippen LogP contribution in [0.15, 0.2) is 18.2 Å². The van der Waals surface area contributed by atoms with Gasteiger partial charge in [-0.3, -0.25) is 0 Å². The van der Waals surface area contributed by atoms with E-state index in [0.29, 0.717) is 6.42 Å². The molecule has 2 rings (SSSR count). The fourth-order valence-electron chi connectivity index (χ4n) is 3.01. The van der Waals surface area contributed by atoms with Crippen LogP contribution < -0.4 is 0 Å².